The zero-order valence-corrected chi connectivity index (χ0v) is 10.5. The molecule has 2 N–H and O–H groups in total. The Balaban J connectivity index is 2.03. The molecule has 2 aromatic carbocycles. The molecule has 0 aliphatic heterocycles. The quantitative estimate of drug-likeness (QED) is 0.883. The number of benzene rings is 2. The molecule has 0 aromatic heterocycles. The van der Waals surface area contributed by atoms with Gasteiger partial charge in [-0.25, -0.2) is 0 Å². The summed E-state index contributed by atoms with van der Waals surface area (Å²) < 4.78 is 5.00. The third kappa shape index (κ3) is 3.48. The number of rotatable bonds is 4. The lowest BCUT2D eigenvalue weighted by Crippen LogP contribution is -2.14. The summed E-state index contributed by atoms with van der Waals surface area (Å²) in [5.41, 5.74) is 1.40. The molecule has 19 heavy (non-hydrogen) atoms. The number of carbonyl (C=O) groups is 1. The second-order valence-corrected chi connectivity index (χ2v) is 4.01. The Labute approximate surface area is 111 Å². The van der Waals surface area contributed by atoms with E-state index in [9.17, 15) is 9.90 Å². The largest absolute Gasteiger partial charge is 0.504 e. The Kier molecular flexibility index (Phi) is 4.03. The normalized spacial score (nSPS) is 9.95. The van der Waals surface area contributed by atoms with Crippen LogP contribution in [0.2, 0.25) is 0 Å². The fourth-order valence-corrected chi connectivity index (χ4v) is 1.68. The van der Waals surface area contributed by atoms with Crippen LogP contribution in [-0.2, 0) is 11.2 Å². The Hall–Kier alpha value is -2.49. The lowest BCUT2D eigenvalue weighted by molar-refractivity contribution is -0.115. The SMILES string of the molecule is COc1cc(CC(=O)Nc2[c]cccc2)ccc1O. The van der Waals surface area contributed by atoms with Crippen molar-refractivity contribution in [3.05, 3.63) is 54.1 Å². The molecular formula is C15H14NO3. The Morgan fingerprint density at radius 3 is 2.89 bits per heavy atom. The lowest BCUT2D eigenvalue weighted by Gasteiger charge is -2.07. The first-order valence-corrected chi connectivity index (χ1v) is 5.81. The van der Waals surface area contributed by atoms with Crippen LogP contribution in [-0.4, -0.2) is 18.1 Å². The fourth-order valence-electron chi connectivity index (χ4n) is 1.68. The van der Waals surface area contributed by atoms with Crippen molar-refractivity contribution in [2.45, 2.75) is 6.42 Å². The van der Waals surface area contributed by atoms with E-state index in [-0.39, 0.29) is 18.1 Å². The Bertz CT molecular complexity index is 567. The van der Waals surface area contributed by atoms with Gasteiger partial charge in [-0.2, -0.15) is 0 Å². The van der Waals surface area contributed by atoms with Crippen molar-refractivity contribution in [3.8, 4) is 11.5 Å². The van der Waals surface area contributed by atoms with Crippen LogP contribution in [0.1, 0.15) is 5.56 Å². The summed E-state index contributed by atoms with van der Waals surface area (Å²) in [6.07, 6.45) is 0.208. The molecule has 2 rings (SSSR count). The summed E-state index contributed by atoms with van der Waals surface area (Å²) in [4.78, 5) is 11.8. The van der Waals surface area contributed by atoms with Crippen molar-refractivity contribution in [2.75, 3.05) is 12.4 Å². The number of methoxy groups -OCH3 is 1. The molecule has 0 aliphatic rings. The first-order chi connectivity index (χ1) is 9.19. The molecule has 0 aliphatic carbocycles. The summed E-state index contributed by atoms with van der Waals surface area (Å²) in [7, 11) is 1.47. The highest BCUT2D eigenvalue weighted by atomic mass is 16.5. The van der Waals surface area contributed by atoms with Gasteiger partial charge in [0.15, 0.2) is 11.5 Å². The van der Waals surface area contributed by atoms with Crippen LogP contribution in [0.4, 0.5) is 5.69 Å². The van der Waals surface area contributed by atoms with Crippen molar-refractivity contribution < 1.29 is 14.6 Å². The molecule has 0 fully saturated rings. The number of aromatic hydroxyl groups is 1. The summed E-state index contributed by atoms with van der Waals surface area (Å²) in [6, 6.07) is 14.9. The molecule has 0 atom stereocenters. The van der Waals surface area contributed by atoms with E-state index in [2.05, 4.69) is 11.4 Å². The molecule has 0 heterocycles. The number of carbonyl (C=O) groups excluding carboxylic acids is 1. The number of para-hydroxylation sites is 1. The van der Waals surface area contributed by atoms with Gasteiger partial charge in [0, 0.05) is 11.8 Å². The Morgan fingerprint density at radius 2 is 2.21 bits per heavy atom. The standard InChI is InChI=1S/C15H14NO3/c1-19-14-9-11(7-8-13(14)17)10-15(18)16-12-5-3-2-4-6-12/h2-5,7-9,17H,10H2,1H3,(H,16,18). The number of ether oxygens (including phenoxy) is 1. The van der Waals surface area contributed by atoms with Gasteiger partial charge in [-0.15, -0.1) is 0 Å². The summed E-state index contributed by atoms with van der Waals surface area (Å²) >= 11 is 0. The number of phenolic OH excluding ortho intramolecular Hbond substituents is 1. The summed E-state index contributed by atoms with van der Waals surface area (Å²) in [5.74, 6) is 0.273. The predicted octanol–water partition coefficient (Wildman–Crippen LogP) is 2.38. The number of nitrogens with one attached hydrogen (secondary N) is 1. The first-order valence-electron chi connectivity index (χ1n) is 5.81. The molecule has 1 radical (unpaired) electrons. The number of hydrogen-bond acceptors (Lipinski definition) is 3. The highest BCUT2D eigenvalue weighted by Gasteiger charge is 2.07. The van der Waals surface area contributed by atoms with E-state index in [0.29, 0.717) is 11.4 Å². The minimum Gasteiger partial charge on any atom is -0.504 e. The maximum Gasteiger partial charge on any atom is 0.228 e. The van der Waals surface area contributed by atoms with Crippen LogP contribution >= 0.6 is 0 Å². The van der Waals surface area contributed by atoms with Crippen LogP contribution < -0.4 is 10.1 Å². The molecule has 0 unspecified atom stereocenters. The first kappa shape index (κ1) is 13.0. The number of amides is 1. The van der Waals surface area contributed by atoms with Gasteiger partial charge < -0.3 is 15.2 Å². The zero-order chi connectivity index (χ0) is 13.7. The minimum atomic E-state index is -0.143. The summed E-state index contributed by atoms with van der Waals surface area (Å²) in [5, 5.41) is 12.2. The topological polar surface area (TPSA) is 58.6 Å². The highest BCUT2D eigenvalue weighted by molar-refractivity contribution is 5.92. The molecule has 1 amide bonds. The van der Waals surface area contributed by atoms with E-state index in [1.54, 1.807) is 24.3 Å². The molecule has 97 valence electrons. The Morgan fingerprint density at radius 1 is 1.37 bits per heavy atom. The predicted molar refractivity (Wildman–Crippen MR) is 72.3 cm³/mol. The second-order valence-electron chi connectivity index (χ2n) is 4.01. The third-order valence-electron chi connectivity index (χ3n) is 2.59. The molecule has 4 heteroatoms. The fraction of sp³-hybridized carbons (Fsp3) is 0.133. The van der Waals surface area contributed by atoms with Crippen molar-refractivity contribution in [1.29, 1.82) is 0 Å². The van der Waals surface area contributed by atoms with E-state index in [1.807, 2.05) is 12.1 Å². The highest BCUT2D eigenvalue weighted by Crippen LogP contribution is 2.26. The average Bonchev–Trinajstić information content (AvgIpc) is 2.42. The van der Waals surface area contributed by atoms with Crippen molar-refractivity contribution >= 4 is 11.6 Å². The molecule has 0 saturated heterocycles. The van der Waals surface area contributed by atoms with Crippen LogP contribution in [0.5, 0.6) is 11.5 Å². The number of anilines is 1. The third-order valence-corrected chi connectivity index (χ3v) is 2.59. The van der Waals surface area contributed by atoms with Gasteiger partial charge in [0.1, 0.15) is 0 Å². The minimum absolute atomic E-state index is 0.0584. The molecule has 0 saturated carbocycles. The maximum absolute atomic E-state index is 11.8. The van der Waals surface area contributed by atoms with Crippen molar-refractivity contribution in [1.82, 2.24) is 0 Å². The number of phenols is 1. The zero-order valence-electron chi connectivity index (χ0n) is 10.5. The molecule has 0 bridgehead atoms. The molecule has 0 spiro atoms. The van der Waals surface area contributed by atoms with Gasteiger partial charge in [-0.05, 0) is 23.8 Å². The van der Waals surface area contributed by atoms with Crippen LogP contribution in [0, 0.1) is 6.07 Å². The van der Waals surface area contributed by atoms with Gasteiger partial charge in [-0.3, -0.25) is 4.79 Å². The van der Waals surface area contributed by atoms with Crippen LogP contribution in [0.3, 0.4) is 0 Å². The summed E-state index contributed by atoms with van der Waals surface area (Å²) in [6.45, 7) is 0. The molecule has 2 aromatic rings. The van der Waals surface area contributed by atoms with E-state index in [1.165, 1.54) is 13.2 Å². The molecular weight excluding hydrogens is 242 g/mol. The van der Waals surface area contributed by atoms with E-state index in [4.69, 9.17) is 4.74 Å². The van der Waals surface area contributed by atoms with Gasteiger partial charge >= 0.3 is 0 Å². The average molecular weight is 256 g/mol. The van der Waals surface area contributed by atoms with E-state index in [0.717, 1.165) is 5.56 Å². The smallest absolute Gasteiger partial charge is 0.228 e. The molecule has 4 nitrogen and oxygen atoms in total. The van der Waals surface area contributed by atoms with Gasteiger partial charge in [0.05, 0.1) is 13.5 Å². The maximum atomic E-state index is 11.8. The van der Waals surface area contributed by atoms with Crippen molar-refractivity contribution in [2.24, 2.45) is 0 Å². The van der Waals surface area contributed by atoms with Crippen molar-refractivity contribution in [3.63, 3.8) is 0 Å². The van der Waals surface area contributed by atoms with E-state index < -0.39 is 0 Å². The van der Waals surface area contributed by atoms with Crippen LogP contribution in [0.15, 0.2) is 42.5 Å². The second kappa shape index (κ2) is 5.91. The van der Waals surface area contributed by atoms with Gasteiger partial charge in [0.25, 0.3) is 0 Å². The van der Waals surface area contributed by atoms with E-state index >= 15 is 0 Å². The lowest BCUT2D eigenvalue weighted by atomic mass is 10.1. The van der Waals surface area contributed by atoms with Crippen LogP contribution in [0.25, 0.3) is 0 Å². The number of hydrogen-bond donors (Lipinski definition) is 2. The monoisotopic (exact) mass is 256 g/mol. The van der Waals surface area contributed by atoms with Gasteiger partial charge in [0.2, 0.25) is 5.91 Å². The van der Waals surface area contributed by atoms with Gasteiger partial charge in [-0.1, -0.05) is 24.3 Å².